The Hall–Kier alpha value is -3.15. The fraction of sp³-hybridized carbons (Fsp3) is 0.500. The van der Waals surface area contributed by atoms with E-state index in [2.05, 4.69) is 37.2 Å². The van der Waals surface area contributed by atoms with Crippen LogP contribution in [-0.2, 0) is 14.3 Å². The van der Waals surface area contributed by atoms with Crippen LogP contribution in [-0.4, -0.2) is 40.9 Å². The van der Waals surface area contributed by atoms with Crippen molar-refractivity contribution in [3.63, 3.8) is 0 Å². The van der Waals surface area contributed by atoms with Crippen LogP contribution in [0.1, 0.15) is 79.2 Å². The zero-order chi connectivity index (χ0) is 26.7. The van der Waals surface area contributed by atoms with E-state index in [4.69, 9.17) is 4.74 Å². The molecule has 0 fully saturated rings. The monoisotopic (exact) mass is 494 g/mol. The van der Waals surface area contributed by atoms with Crippen LogP contribution >= 0.6 is 0 Å². The van der Waals surface area contributed by atoms with E-state index < -0.39 is 17.6 Å². The molecule has 2 rings (SSSR count). The van der Waals surface area contributed by atoms with Crippen LogP contribution < -0.4 is 5.32 Å². The third kappa shape index (κ3) is 9.84. The number of nitrogens with one attached hydrogen (secondary N) is 1. The van der Waals surface area contributed by atoms with Gasteiger partial charge in [-0.25, -0.2) is 0 Å². The second-order valence-electron chi connectivity index (χ2n) is 10.6. The topological polar surface area (TPSA) is 88.0 Å². The molecule has 6 heteroatoms. The van der Waals surface area contributed by atoms with Crippen molar-refractivity contribution < 1.29 is 19.4 Å². The molecule has 0 saturated heterocycles. The average molecular weight is 495 g/mol. The van der Waals surface area contributed by atoms with Gasteiger partial charge in [0.1, 0.15) is 17.4 Å². The highest BCUT2D eigenvalue weighted by atomic mass is 16.6. The minimum Gasteiger partial charge on any atom is -0.507 e. The summed E-state index contributed by atoms with van der Waals surface area (Å²) in [4.78, 5) is 30.5. The van der Waals surface area contributed by atoms with Gasteiger partial charge in [0.2, 0.25) is 5.91 Å². The van der Waals surface area contributed by atoms with Gasteiger partial charge in [-0.1, -0.05) is 76.1 Å². The van der Waals surface area contributed by atoms with Crippen LogP contribution in [0.4, 0.5) is 0 Å². The number of hydrogen-bond acceptors (Lipinski definition) is 5. The predicted molar refractivity (Wildman–Crippen MR) is 148 cm³/mol. The highest BCUT2D eigenvalue weighted by Crippen LogP contribution is 2.26. The van der Waals surface area contributed by atoms with Gasteiger partial charge in [0.15, 0.2) is 0 Å². The summed E-state index contributed by atoms with van der Waals surface area (Å²) in [5.41, 5.74) is -0.161. The molecule has 196 valence electrons. The number of carbonyl (C=O) groups is 2. The average Bonchev–Trinajstić information content (AvgIpc) is 2.78. The van der Waals surface area contributed by atoms with Gasteiger partial charge in [-0.15, -0.1) is 0 Å². The smallest absolute Gasteiger partial charge is 0.309 e. The lowest BCUT2D eigenvalue weighted by molar-refractivity contribution is -0.156. The summed E-state index contributed by atoms with van der Waals surface area (Å²) in [7, 11) is 0. The Morgan fingerprint density at radius 2 is 1.86 bits per heavy atom. The largest absolute Gasteiger partial charge is 0.507 e. The summed E-state index contributed by atoms with van der Waals surface area (Å²) >= 11 is 0. The van der Waals surface area contributed by atoms with Crippen LogP contribution in [0.3, 0.4) is 0 Å². The molecular weight excluding hydrogens is 452 g/mol. The highest BCUT2D eigenvalue weighted by Gasteiger charge is 2.26. The van der Waals surface area contributed by atoms with Gasteiger partial charge in [-0.05, 0) is 56.4 Å². The number of benzene rings is 2. The Morgan fingerprint density at radius 1 is 1.14 bits per heavy atom. The number of aromatic hydroxyl groups is 1. The lowest BCUT2D eigenvalue weighted by atomic mass is 10.0. The first-order chi connectivity index (χ1) is 17.0. The van der Waals surface area contributed by atoms with E-state index in [1.54, 1.807) is 26.8 Å². The molecule has 0 bridgehead atoms. The fourth-order valence-corrected chi connectivity index (χ4v) is 3.89. The molecule has 0 aliphatic heterocycles. The zero-order valence-electron chi connectivity index (χ0n) is 22.6. The number of fused-ring (bicyclic) bond motifs is 1. The Bertz CT molecular complexity index is 1070. The molecule has 0 aliphatic carbocycles. The molecule has 2 atom stereocenters. The number of ether oxygens (including phenoxy) is 1. The van der Waals surface area contributed by atoms with E-state index in [0.29, 0.717) is 11.5 Å². The molecule has 0 spiro atoms. The van der Waals surface area contributed by atoms with Crippen molar-refractivity contribution in [1.29, 1.82) is 0 Å². The van der Waals surface area contributed by atoms with E-state index in [1.165, 1.54) is 6.21 Å². The number of unbranched alkanes of at least 4 members (excludes halogenated alkanes) is 2. The van der Waals surface area contributed by atoms with Crippen molar-refractivity contribution in [2.75, 3.05) is 0 Å². The maximum atomic E-state index is 13.4. The number of nitrogens with zero attached hydrogens (tertiary/aromatic N) is 1. The van der Waals surface area contributed by atoms with E-state index in [0.717, 1.165) is 36.5 Å². The number of phenols is 1. The normalized spacial score (nSPS) is 14.0. The van der Waals surface area contributed by atoms with Crippen LogP contribution in [0, 0.1) is 5.92 Å². The number of rotatable bonds is 12. The van der Waals surface area contributed by atoms with E-state index >= 15 is 0 Å². The van der Waals surface area contributed by atoms with Crippen LogP contribution in [0.25, 0.3) is 10.8 Å². The summed E-state index contributed by atoms with van der Waals surface area (Å²) < 4.78 is 5.47. The third-order valence-corrected chi connectivity index (χ3v) is 5.56. The summed E-state index contributed by atoms with van der Waals surface area (Å²) in [6.07, 6.45) is 9.38. The minimum atomic E-state index is -0.989. The van der Waals surface area contributed by atoms with E-state index in [9.17, 15) is 14.7 Å². The second-order valence-corrected chi connectivity index (χ2v) is 10.6. The minimum absolute atomic E-state index is 0.0606. The number of allylic oxidation sites excluding steroid dienone is 1. The first-order valence-corrected chi connectivity index (χ1v) is 12.9. The molecule has 36 heavy (non-hydrogen) atoms. The maximum absolute atomic E-state index is 13.4. The molecule has 0 saturated carbocycles. The molecule has 0 aliphatic rings. The Kier molecular flexibility index (Phi) is 11.2. The van der Waals surface area contributed by atoms with Crippen LogP contribution in [0.5, 0.6) is 5.75 Å². The molecule has 2 N–H and O–H groups in total. The molecule has 0 aromatic heterocycles. The molecule has 0 heterocycles. The lowest BCUT2D eigenvalue weighted by Gasteiger charge is -2.22. The van der Waals surface area contributed by atoms with Crippen LogP contribution in [0.15, 0.2) is 53.5 Å². The van der Waals surface area contributed by atoms with Crippen molar-refractivity contribution in [2.45, 2.75) is 91.3 Å². The fourth-order valence-electron chi connectivity index (χ4n) is 3.89. The predicted octanol–water partition coefficient (Wildman–Crippen LogP) is 6.34. The van der Waals surface area contributed by atoms with Gasteiger partial charge < -0.3 is 15.2 Å². The van der Waals surface area contributed by atoms with Gasteiger partial charge in [-0.3, -0.25) is 14.6 Å². The van der Waals surface area contributed by atoms with Gasteiger partial charge in [0, 0.05) is 17.8 Å². The Balaban J connectivity index is 2.33. The number of amides is 1. The number of hydrogen-bond donors (Lipinski definition) is 2. The number of aliphatic imine (C=N–C) groups is 1. The Morgan fingerprint density at radius 3 is 2.53 bits per heavy atom. The van der Waals surface area contributed by atoms with Crippen molar-refractivity contribution in [3.05, 3.63) is 54.1 Å². The molecule has 2 aromatic carbocycles. The van der Waals surface area contributed by atoms with E-state index in [-0.39, 0.29) is 24.1 Å². The summed E-state index contributed by atoms with van der Waals surface area (Å²) in [6, 6.07) is 9.92. The summed E-state index contributed by atoms with van der Waals surface area (Å²) in [6.45, 7) is 11.7. The molecule has 0 unspecified atom stereocenters. The number of phenolic OH excluding ortho intramolecular Hbond substituents is 1. The van der Waals surface area contributed by atoms with Crippen molar-refractivity contribution >= 4 is 28.9 Å². The summed E-state index contributed by atoms with van der Waals surface area (Å²) in [5.74, 6) is -0.402. The molecule has 6 nitrogen and oxygen atoms in total. The van der Waals surface area contributed by atoms with Gasteiger partial charge >= 0.3 is 5.97 Å². The van der Waals surface area contributed by atoms with Crippen molar-refractivity contribution in [2.24, 2.45) is 10.9 Å². The first-order valence-electron chi connectivity index (χ1n) is 12.9. The SMILES string of the molecule is CCCC/C=C/[C@H](CC(C)C)NC(=O)[C@H](CC(=O)OC(C)(C)C)N=Cc1c(O)ccc2ccccc12. The second kappa shape index (κ2) is 13.8. The summed E-state index contributed by atoms with van der Waals surface area (Å²) in [5, 5.41) is 15.3. The number of esters is 1. The van der Waals surface area contributed by atoms with Crippen molar-refractivity contribution in [3.8, 4) is 5.75 Å². The van der Waals surface area contributed by atoms with Gasteiger partial charge in [0.25, 0.3) is 0 Å². The quantitative estimate of drug-likeness (QED) is 0.156. The van der Waals surface area contributed by atoms with E-state index in [1.807, 2.05) is 36.4 Å². The first kappa shape index (κ1) is 29.1. The number of carbonyl (C=O) groups excluding carboxylic acids is 2. The molecule has 2 aromatic rings. The molecule has 1 amide bonds. The molecule has 0 radical (unpaired) electrons. The van der Waals surface area contributed by atoms with Crippen LogP contribution in [0.2, 0.25) is 0 Å². The standard InChI is InChI=1S/C30H42N2O4/c1-7-8-9-10-14-23(18-21(2)3)32-29(35)26(19-28(34)36-30(4,5)6)31-20-25-24-15-12-11-13-22(24)16-17-27(25)33/h10-17,20-21,23,26,33H,7-9,18-19H2,1-6H3,(H,32,35)/b14-10+,31-20?/t23-,26+/m1/s1. The maximum Gasteiger partial charge on any atom is 0.309 e. The zero-order valence-corrected chi connectivity index (χ0v) is 22.6. The van der Waals surface area contributed by atoms with Gasteiger partial charge in [0.05, 0.1) is 6.42 Å². The third-order valence-electron chi connectivity index (χ3n) is 5.56. The molecular formula is C30H42N2O4. The highest BCUT2D eigenvalue weighted by molar-refractivity contribution is 6.03. The van der Waals surface area contributed by atoms with Crippen molar-refractivity contribution in [1.82, 2.24) is 5.32 Å². The lowest BCUT2D eigenvalue weighted by Crippen LogP contribution is -2.42. The van der Waals surface area contributed by atoms with Gasteiger partial charge in [-0.2, -0.15) is 0 Å². The Labute approximate surface area is 215 Å².